The van der Waals surface area contributed by atoms with Gasteiger partial charge in [0.15, 0.2) is 0 Å². The molecule has 0 aliphatic heterocycles. The molecule has 0 radical (unpaired) electrons. The van der Waals surface area contributed by atoms with Crippen LogP contribution in [0.15, 0.2) is 29.2 Å². The summed E-state index contributed by atoms with van der Waals surface area (Å²) in [6.07, 6.45) is 1.67. The summed E-state index contributed by atoms with van der Waals surface area (Å²) in [5, 5.41) is 4.30. The Morgan fingerprint density at radius 2 is 2.24 bits per heavy atom. The van der Waals surface area contributed by atoms with Crippen molar-refractivity contribution in [3.8, 4) is 0 Å². The highest BCUT2D eigenvalue weighted by molar-refractivity contribution is 8.00. The van der Waals surface area contributed by atoms with E-state index >= 15 is 0 Å². The molecule has 0 heterocycles. The molecule has 0 aliphatic carbocycles. The Bertz CT molecular complexity index is 469. The molecule has 1 N–H and O–H groups in total. The first-order chi connectivity index (χ1) is 9.91. The first-order valence-corrected chi connectivity index (χ1v) is 8.42. The van der Waals surface area contributed by atoms with Crippen LogP contribution in [0.25, 0.3) is 0 Å². The number of esters is 1. The number of thioether (sulfide) groups is 1. The van der Waals surface area contributed by atoms with Crippen molar-refractivity contribution in [3.05, 3.63) is 29.3 Å². The number of nitrogens with one attached hydrogen (secondary N) is 1. The number of halogens is 1. The third-order valence-corrected chi connectivity index (χ3v) is 4.56. The van der Waals surface area contributed by atoms with Crippen LogP contribution in [0.5, 0.6) is 0 Å². The maximum absolute atomic E-state index is 12.1. The lowest BCUT2D eigenvalue weighted by atomic mass is 9.96. The Morgan fingerprint density at radius 3 is 2.81 bits per heavy atom. The van der Waals surface area contributed by atoms with Crippen molar-refractivity contribution in [2.75, 3.05) is 13.7 Å². The summed E-state index contributed by atoms with van der Waals surface area (Å²) in [6.45, 7) is 6.89. The minimum absolute atomic E-state index is 0.213. The van der Waals surface area contributed by atoms with Gasteiger partial charge in [-0.25, -0.2) is 0 Å². The third-order valence-electron chi connectivity index (χ3n) is 3.23. The molecular formula is C16H24ClNO2S. The lowest BCUT2D eigenvalue weighted by Crippen LogP contribution is -2.51. The molecule has 5 heteroatoms. The minimum atomic E-state index is -0.657. The molecule has 0 spiro atoms. The highest BCUT2D eigenvalue weighted by Crippen LogP contribution is 2.30. The molecule has 21 heavy (non-hydrogen) atoms. The average molecular weight is 330 g/mol. The summed E-state index contributed by atoms with van der Waals surface area (Å²) in [4.78, 5) is 13.2. The van der Waals surface area contributed by atoms with Crippen LogP contribution >= 0.6 is 23.4 Å². The fourth-order valence-electron chi connectivity index (χ4n) is 2.24. The molecule has 1 aromatic carbocycles. The smallest absolute Gasteiger partial charge is 0.325 e. The molecule has 0 bridgehead atoms. The third kappa shape index (κ3) is 5.89. The van der Waals surface area contributed by atoms with Crippen LogP contribution in [0.4, 0.5) is 0 Å². The van der Waals surface area contributed by atoms with Crippen LogP contribution in [0.1, 0.15) is 33.6 Å². The van der Waals surface area contributed by atoms with Gasteiger partial charge in [-0.15, -0.1) is 11.8 Å². The van der Waals surface area contributed by atoms with Crippen LogP contribution in [-0.2, 0) is 9.53 Å². The summed E-state index contributed by atoms with van der Waals surface area (Å²) in [5.74, 6) is -0.213. The lowest BCUT2D eigenvalue weighted by Gasteiger charge is -2.30. The summed E-state index contributed by atoms with van der Waals surface area (Å²) < 4.78 is 4.95. The van der Waals surface area contributed by atoms with E-state index in [-0.39, 0.29) is 11.2 Å². The van der Waals surface area contributed by atoms with E-state index in [4.69, 9.17) is 16.3 Å². The van der Waals surface area contributed by atoms with Crippen LogP contribution < -0.4 is 5.32 Å². The van der Waals surface area contributed by atoms with E-state index in [0.29, 0.717) is 6.42 Å². The highest BCUT2D eigenvalue weighted by atomic mass is 35.5. The zero-order chi connectivity index (χ0) is 15.9. The van der Waals surface area contributed by atoms with E-state index in [9.17, 15) is 4.79 Å². The maximum atomic E-state index is 12.1. The Morgan fingerprint density at radius 1 is 1.52 bits per heavy atom. The predicted octanol–water partition coefficient (Wildman–Crippen LogP) is 4.14. The zero-order valence-corrected chi connectivity index (χ0v) is 14.7. The van der Waals surface area contributed by atoms with Gasteiger partial charge in [-0.2, -0.15) is 0 Å². The topological polar surface area (TPSA) is 38.3 Å². The number of hydrogen-bond donors (Lipinski definition) is 1. The number of rotatable bonds is 8. The molecule has 0 saturated heterocycles. The molecule has 2 unspecified atom stereocenters. The van der Waals surface area contributed by atoms with Crippen LogP contribution in [0.2, 0.25) is 5.02 Å². The summed E-state index contributed by atoms with van der Waals surface area (Å²) in [5.41, 5.74) is -0.657. The summed E-state index contributed by atoms with van der Waals surface area (Å²) >= 11 is 7.72. The second kappa shape index (κ2) is 8.66. The van der Waals surface area contributed by atoms with Crippen LogP contribution in [0, 0.1) is 0 Å². The van der Waals surface area contributed by atoms with Crippen molar-refractivity contribution in [3.63, 3.8) is 0 Å². The highest BCUT2D eigenvalue weighted by Gasteiger charge is 2.35. The van der Waals surface area contributed by atoms with Crippen LogP contribution in [0.3, 0.4) is 0 Å². The number of carbonyl (C=O) groups excluding carboxylic acids is 1. The normalized spacial score (nSPS) is 15.3. The number of methoxy groups -OCH3 is 1. The van der Waals surface area contributed by atoms with Gasteiger partial charge < -0.3 is 10.1 Å². The molecule has 0 saturated carbocycles. The molecule has 0 aromatic heterocycles. The van der Waals surface area contributed by atoms with E-state index in [1.54, 1.807) is 11.8 Å². The molecule has 118 valence electrons. The van der Waals surface area contributed by atoms with Crippen molar-refractivity contribution in [1.82, 2.24) is 5.32 Å². The zero-order valence-electron chi connectivity index (χ0n) is 13.1. The molecule has 1 rings (SSSR count). The number of benzene rings is 1. The number of carbonyl (C=O) groups is 1. The minimum Gasteiger partial charge on any atom is -0.468 e. The van der Waals surface area contributed by atoms with Gasteiger partial charge in [0.2, 0.25) is 0 Å². The fraction of sp³-hybridized carbons (Fsp3) is 0.562. The summed E-state index contributed by atoms with van der Waals surface area (Å²) in [7, 11) is 1.43. The largest absolute Gasteiger partial charge is 0.468 e. The van der Waals surface area contributed by atoms with Crippen molar-refractivity contribution in [1.29, 1.82) is 0 Å². The van der Waals surface area contributed by atoms with E-state index in [1.165, 1.54) is 7.11 Å². The van der Waals surface area contributed by atoms with Gasteiger partial charge in [-0.3, -0.25) is 4.79 Å². The molecule has 3 nitrogen and oxygen atoms in total. The molecule has 0 amide bonds. The Hall–Kier alpha value is -0.710. The van der Waals surface area contributed by atoms with Crippen molar-refractivity contribution >= 4 is 29.3 Å². The maximum Gasteiger partial charge on any atom is 0.325 e. The van der Waals surface area contributed by atoms with E-state index < -0.39 is 5.54 Å². The van der Waals surface area contributed by atoms with Gasteiger partial charge in [0.05, 0.1) is 7.11 Å². The second-order valence-corrected chi connectivity index (χ2v) is 7.29. The SMILES string of the molecule is CCCNC(C)(CC(C)Sc1cccc(Cl)c1)C(=O)OC. The summed E-state index contributed by atoms with van der Waals surface area (Å²) in [6, 6.07) is 7.77. The Kier molecular flexibility index (Phi) is 7.57. The van der Waals surface area contributed by atoms with E-state index in [0.717, 1.165) is 22.9 Å². The average Bonchev–Trinajstić information content (AvgIpc) is 2.44. The van der Waals surface area contributed by atoms with Gasteiger partial charge in [-0.05, 0) is 44.5 Å². The lowest BCUT2D eigenvalue weighted by molar-refractivity contribution is -0.148. The van der Waals surface area contributed by atoms with Gasteiger partial charge in [0, 0.05) is 15.2 Å². The Labute approximate surface area is 136 Å². The van der Waals surface area contributed by atoms with Crippen molar-refractivity contribution < 1.29 is 9.53 Å². The van der Waals surface area contributed by atoms with E-state index in [2.05, 4.69) is 19.2 Å². The van der Waals surface area contributed by atoms with Crippen molar-refractivity contribution in [2.24, 2.45) is 0 Å². The molecule has 2 atom stereocenters. The number of ether oxygens (including phenoxy) is 1. The van der Waals surface area contributed by atoms with Gasteiger partial charge >= 0.3 is 5.97 Å². The van der Waals surface area contributed by atoms with Crippen molar-refractivity contribution in [2.45, 2.75) is 49.3 Å². The first kappa shape index (κ1) is 18.3. The quantitative estimate of drug-likeness (QED) is 0.574. The van der Waals surface area contributed by atoms with Gasteiger partial charge in [0.25, 0.3) is 0 Å². The van der Waals surface area contributed by atoms with E-state index in [1.807, 2.05) is 31.2 Å². The van der Waals surface area contributed by atoms with Crippen LogP contribution in [-0.4, -0.2) is 30.4 Å². The van der Waals surface area contributed by atoms with Gasteiger partial charge in [0.1, 0.15) is 5.54 Å². The molecule has 0 fully saturated rings. The molecule has 0 aliphatic rings. The standard InChI is InChI=1S/C16H24ClNO2S/c1-5-9-18-16(3,15(19)20-4)11-12(2)21-14-8-6-7-13(17)10-14/h6-8,10,12,18H,5,9,11H2,1-4H3. The van der Waals surface area contributed by atoms with Gasteiger partial charge in [-0.1, -0.05) is 31.5 Å². The monoisotopic (exact) mass is 329 g/mol. The number of hydrogen-bond acceptors (Lipinski definition) is 4. The first-order valence-electron chi connectivity index (χ1n) is 7.17. The molecular weight excluding hydrogens is 306 g/mol. The Balaban J connectivity index is 2.71. The predicted molar refractivity (Wildman–Crippen MR) is 90.1 cm³/mol. The second-order valence-electron chi connectivity index (χ2n) is 5.34. The fourth-order valence-corrected chi connectivity index (χ4v) is 3.73. The molecule has 1 aromatic rings.